The van der Waals surface area contributed by atoms with Crippen LogP contribution in [0.15, 0.2) is 74.1 Å². The summed E-state index contributed by atoms with van der Waals surface area (Å²) in [6, 6.07) is 21.2. The second kappa shape index (κ2) is 5.52. The molecule has 0 radical (unpaired) electrons. The molecular weight excluding hydrogens is 470 g/mol. The maximum Gasteiger partial charge on any atom is 0.0552 e. The van der Waals surface area contributed by atoms with Gasteiger partial charge >= 0.3 is 0 Å². The molecule has 0 aliphatic rings. The highest BCUT2D eigenvalue weighted by molar-refractivity contribution is 9.11. The largest absolute Gasteiger partial charge is 0.309 e. The highest BCUT2D eigenvalue weighted by Gasteiger charge is 2.14. The second-order valence-corrected chi connectivity index (χ2v) is 7.80. The van der Waals surface area contributed by atoms with E-state index in [0.29, 0.717) is 0 Å². The van der Waals surface area contributed by atoms with Gasteiger partial charge in [-0.15, -0.1) is 0 Å². The molecule has 4 aromatic rings. The summed E-state index contributed by atoms with van der Waals surface area (Å²) < 4.78 is 5.52. The topological polar surface area (TPSA) is 4.93 Å². The number of benzene rings is 3. The van der Waals surface area contributed by atoms with Gasteiger partial charge in [0, 0.05) is 29.9 Å². The van der Waals surface area contributed by atoms with Crippen LogP contribution in [-0.2, 0) is 0 Å². The van der Waals surface area contributed by atoms with Crippen molar-refractivity contribution in [2.45, 2.75) is 0 Å². The molecule has 0 aliphatic heterocycles. The molecule has 22 heavy (non-hydrogen) atoms. The van der Waals surface area contributed by atoms with Crippen molar-refractivity contribution in [3.05, 3.63) is 74.1 Å². The number of para-hydroxylation sites is 1. The summed E-state index contributed by atoms with van der Waals surface area (Å²) in [5.74, 6) is 0. The number of fused-ring (bicyclic) bond motifs is 3. The summed E-state index contributed by atoms with van der Waals surface area (Å²) in [6.45, 7) is 0. The Morgan fingerprint density at radius 3 is 2.14 bits per heavy atom. The van der Waals surface area contributed by atoms with E-state index < -0.39 is 0 Å². The fraction of sp³-hybridized carbons (Fsp3) is 0. The lowest BCUT2D eigenvalue weighted by atomic mass is 10.2. The van der Waals surface area contributed by atoms with Crippen molar-refractivity contribution < 1.29 is 0 Å². The fourth-order valence-corrected chi connectivity index (χ4v) is 4.76. The number of hydrogen-bond donors (Lipinski definition) is 0. The summed E-state index contributed by atoms with van der Waals surface area (Å²) in [5.41, 5.74) is 3.53. The lowest BCUT2D eigenvalue weighted by Gasteiger charge is -2.09. The highest BCUT2D eigenvalue weighted by Crippen LogP contribution is 2.37. The van der Waals surface area contributed by atoms with Gasteiger partial charge in [0.05, 0.1) is 11.0 Å². The molecule has 0 saturated carbocycles. The van der Waals surface area contributed by atoms with Gasteiger partial charge in [0.25, 0.3) is 0 Å². The molecule has 0 saturated heterocycles. The molecule has 1 heterocycles. The Bertz CT molecular complexity index is 997. The van der Waals surface area contributed by atoms with Crippen LogP contribution in [0.3, 0.4) is 0 Å². The van der Waals surface area contributed by atoms with Gasteiger partial charge in [-0.2, -0.15) is 0 Å². The number of aromatic nitrogens is 1. The SMILES string of the molecule is Brc1cc(Br)cc(-n2c3ccccc3c3c(Br)cccc32)c1. The van der Waals surface area contributed by atoms with Gasteiger partial charge in [0.2, 0.25) is 0 Å². The molecule has 3 aromatic carbocycles. The molecule has 1 aromatic heterocycles. The zero-order valence-electron chi connectivity index (χ0n) is 11.4. The maximum atomic E-state index is 3.70. The Labute approximate surface area is 153 Å². The molecule has 1 nitrogen and oxygen atoms in total. The van der Waals surface area contributed by atoms with Crippen molar-refractivity contribution >= 4 is 69.6 Å². The molecule has 0 N–H and O–H groups in total. The molecule has 0 spiro atoms. The Morgan fingerprint density at radius 1 is 0.682 bits per heavy atom. The van der Waals surface area contributed by atoms with Gasteiger partial charge in [-0.25, -0.2) is 0 Å². The number of rotatable bonds is 1. The first-order chi connectivity index (χ1) is 10.6. The van der Waals surface area contributed by atoms with Crippen LogP contribution in [0.5, 0.6) is 0 Å². The maximum absolute atomic E-state index is 3.70. The van der Waals surface area contributed by atoms with Crippen molar-refractivity contribution in [2.24, 2.45) is 0 Å². The van der Waals surface area contributed by atoms with E-state index in [0.717, 1.165) is 19.1 Å². The van der Waals surface area contributed by atoms with Crippen molar-refractivity contribution in [1.29, 1.82) is 0 Å². The van der Waals surface area contributed by atoms with Crippen molar-refractivity contribution in [1.82, 2.24) is 4.57 Å². The molecule has 0 aliphatic carbocycles. The minimum atomic E-state index is 1.05. The summed E-state index contributed by atoms with van der Waals surface area (Å²) >= 11 is 10.9. The van der Waals surface area contributed by atoms with E-state index >= 15 is 0 Å². The summed E-state index contributed by atoms with van der Waals surface area (Å²) in [7, 11) is 0. The molecule has 108 valence electrons. The summed E-state index contributed by atoms with van der Waals surface area (Å²) in [4.78, 5) is 0. The minimum absolute atomic E-state index is 1.05. The first-order valence-electron chi connectivity index (χ1n) is 6.79. The first-order valence-corrected chi connectivity index (χ1v) is 9.17. The standard InChI is InChI=1S/C18H10Br3N/c19-11-8-12(20)10-13(9-11)22-16-6-2-1-4-14(16)18-15(21)5-3-7-17(18)22/h1-10H. The second-order valence-electron chi connectivity index (χ2n) is 5.11. The Balaban J connectivity index is 2.22. The Kier molecular flexibility index (Phi) is 3.63. The molecular formula is C18H10Br3N. The Morgan fingerprint density at radius 2 is 1.36 bits per heavy atom. The van der Waals surface area contributed by atoms with Crippen LogP contribution >= 0.6 is 47.8 Å². The lowest BCUT2D eigenvalue weighted by molar-refractivity contribution is 1.17. The van der Waals surface area contributed by atoms with E-state index in [1.807, 2.05) is 6.07 Å². The van der Waals surface area contributed by atoms with Gasteiger partial charge in [-0.3, -0.25) is 0 Å². The predicted molar refractivity (Wildman–Crippen MR) is 104 cm³/mol. The monoisotopic (exact) mass is 477 g/mol. The van der Waals surface area contributed by atoms with E-state index in [1.54, 1.807) is 0 Å². The molecule has 0 amide bonds. The third-order valence-electron chi connectivity index (χ3n) is 3.75. The van der Waals surface area contributed by atoms with Crippen LogP contribution < -0.4 is 0 Å². The smallest absolute Gasteiger partial charge is 0.0552 e. The van der Waals surface area contributed by atoms with Gasteiger partial charge in [0.15, 0.2) is 0 Å². The first kappa shape index (κ1) is 14.5. The van der Waals surface area contributed by atoms with Crippen LogP contribution in [0.4, 0.5) is 0 Å². The summed E-state index contributed by atoms with van der Waals surface area (Å²) in [6.07, 6.45) is 0. The van der Waals surface area contributed by atoms with E-state index in [9.17, 15) is 0 Å². The third kappa shape index (κ3) is 2.25. The number of nitrogens with zero attached hydrogens (tertiary/aromatic N) is 1. The van der Waals surface area contributed by atoms with E-state index in [4.69, 9.17) is 0 Å². The number of halogens is 3. The zero-order chi connectivity index (χ0) is 15.3. The van der Waals surface area contributed by atoms with E-state index in [-0.39, 0.29) is 0 Å². The van der Waals surface area contributed by atoms with Crippen LogP contribution in [0.1, 0.15) is 0 Å². The predicted octanol–water partition coefficient (Wildman–Crippen LogP) is 7.07. The molecule has 4 heteroatoms. The van der Waals surface area contributed by atoms with Crippen molar-refractivity contribution in [2.75, 3.05) is 0 Å². The van der Waals surface area contributed by atoms with E-state index in [1.165, 1.54) is 21.8 Å². The third-order valence-corrected chi connectivity index (χ3v) is 5.33. The normalized spacial score (nSPS) is 11.4. The summed E-state index contributed by atoms with van der Waals surface area (Å²) in [5, 5.41) is 2.50. The molecule has 0 bridgehead atoms. The Hall–Kier alpha value is -1.10. The molecule has 0 unspecified atom stereocenters. The average molecular weight is 480 g/mol. The molecule has 0 atom stereocenters. The van der Waals surface area contributed by atoms with Crippen LogP contribution in [0.2, 0.25) is 0 Å². The van der Waals surface area contributed by atoms with Crippen LogP contribution in [0, 0.1) is 0 Å². The minimum Gasteiger partial charge on any atom is -0.309 e. The molecule has 4 rings (SSSR count). The average Bonchev–Trinajstić information content (AvgIpc) is 2.81. The van der Waals surface area contributed by atoms with Crippen molar-refractivity contribution in [3.8, 4) is 5.69 Å². The van der Waals surface area contributed by atoms with Crippen molar-refractivity contribution in [3.63, 3.8) is 0 Å². The zero-order valence-corrected chi connectivity index (χ0v) is 16.1. The fourth-order valence-electron chi connectivity index (χ4n) is 2.92. The van der Waals surface area contributed by atoms with E-state index in [2.05, 4.69) is 107 Å². The van der Waals surface area contributed by atoms with Crippen LogP contribution in [-0.4, -0.2) is 4.57 Å². The highest BCUT2D eigenvalue weighted by atomic mass is 79.9. The quantitative estimate of drug-likeness (QED) is 0.275. The van der Waals surface area contributed by atoms with Gasteiger partial charge in [-0.05, 0) is 36.4 Å². The lowest BCUT2D eigenvalue weighted by Crippen LogP contribution is -1.93. The number of hydrogen-bond acceptors (Lipinski definition) is 0. The van der Waals surface area contributed by atoms with Gasteiger partial charge in [0.1, 0.15) is 0 Å². The van der Waals surface area contributed by atoms with Crippen LogP contribution in [0.25, 0.3) is 27.5 Å². The van der Waals surface area contributed by atoms with Gasteiger partial charge in [-0.1, -0.05) is 72.1 Å². The molecule has 0 fully saturated rings. The van der Waals surface area contributed by atoms with Gasteiger partial charge < -0.3 is 4.57 Å².